The fraction of sp³-hybridized carbons (Fsp3) is 0.727. The Hall–Kier alpha value is -0.770. The van der Waals surface area contributed by atoms with Crippen LogP contribution in [0.25, 0.3) is 0 Å². The number of nitrogen functional groups attached to an aromatic ring is 1. The van der Waals surface area contributed by atoms with Gasteiger partial charge in [0.25, 0.3) is 0 Å². The Bertz CT molecular complexity index is 315. The summed E-state index contributed by atoms with van der Waals surface area (Å²) < 4.78 is 0. The van der Waals surface area contributed by atoms with Gasteiger partial charge in [0.1, 0.15) is 5.00 Å². The van der Waals surface area contributed by atoms with Gasteiger partial charge in [0, 0.05) is 6.54 Å². The monoisotopic (exact) mass is 225 g/mol. The van der Waals surface area contributed by atoms with E-state index < -0.39 is 0 Å². The molecule has 0 spiro atoms. The van der Waals surface area contributed by atoms with Crippen molar-refractivity contribution in [2.75, 3.05) is 17.6 Å². The highest BCUT2D eigenvalue weighted by molar-refractivity contribution is 7.19. The topological polar surface area (TPSA) is 50.9 Å². The normalized spacial score (nSPS) is 19.3. The molecule has 1 aromatic heterocycles. The summed E-state index contributed by atoms with van der Waals surface area (Å²) in [7, 11) is 0. The number of thiazole rings is 1. The quantitative estimate of drug-likeness (QED) is 0.828. The van der Waals surface area contributed by atoms with E-state index in [0.717, 1.165) is 16.7 Å². The van der Waals surface area contributed by atoms with Crippen molar-refractivity contribution < 1.29 is 0 Å². The van der Waals surface area contributed by atoms with Gasteiger partial charge in [-0.2, -0.15) is 0 Å². The molecule has 0 aromatic carbocycles. The molecule has 1 aromatic rings. The molecule has 0 aliphatic heterocycles. The zero-order valence-electron chi connectivity index (χ0n) is 9.25. The molecule has 1 aliphatic rings. The summed E-state index contributed by atoms with van der Waals surface area (Å²) in [5, 5.41) is 5.18. The number of hydrogen-bond donors (Lipinski definition) is 2. The molecule has 1 heterocycles. The average molecular weight is 225 g/mol. The van der Waals surface area contributed by atoms with Crippen LogP contribution in [0.15, 0.2) is 6.20 Å². The summed E-state index contributed by atoms with van der Waals surface area (Å²) in [4.78, 5) is 4.22. The number of nitrogens with two attached hydrogens (primary N) is 1. The van der Waals surface area contributed by atoms with E-state index in [1.165, 1.54) is 43.4 Å². The molecule has 0 saturated heterocycles. The minimum Gasteiger partial charge on any atom is -0.389 e. The molecule has 15 heavy (non-hydrogen) atoms. The highest BCUT2D eigenvalue weighted by Gasteiger charge is 2.31. The van der Waals surface area contributed by atoms with Gasteiger partial charge in [-0.15, -0.1) is 0 Å². The van der Waals surface area contributed by atoms with Crippen LogP contribution in [0.2, 0.25) is 0 Å². The predicted octanol–water partition coefficient (Wildman–Crippen LogP) is 3.11. The molecular weight excluding hydrogens is 206 g/mol. The Kier molecular flexibility index (Phi) is 3.14. The third-order valence-electron chi connectivity index (χ3n) is 3.55. The van der Waals surface area contributed by atoms with Gasteiger partial charge in [-0.25, -0.2) is 4.98 Å². The molecule has 1 aliphatic carbocycles. The Morgan fingerprint density at radius 3 is 2.80 bits per heavy atom. The SMILES string of the molecule is CCC1(CNc2ncc(N)s2)CCCC1. The van der Waals surface area contributed by atoms with Gasteiger partial charge in [-0.05, 0) is 24.7 Å². The first-order valence-electron chi connectivity index (χ1n) is 5.69. The molecule has 0 atom stereocenters. The van der Waals surface area contributed by atoms with Crippen molar-refractivity contribution >= 4 is 21.5 Å². The fourth-order valence-corrected chi connectivity index (χ4v) is 2.99. The minimum atomic E-state index is 0.514. The molecule has 1 saturated carbocycles. The Labute approximate surface area is 95.1 Å². The maximum absolute atomic E-state index is 5.64. The molecule has 4 heteroatoms. The van der Waals surface area contributed by atoms with E-state index in [1.807, 2.05) is 0 Å². The maximum atomic E-state index is 5.64. The Morgan fingerprint density at radius 2 is 2.27 bits per heavy atom. The van der Waals surface area contributed by atoms with Gasteiger partial charge in [-0.3, -0.25) is 0 Å². The second kappa shape index (κ2) is 4.39. The molecule has 3 N–H and O–H groups in total. The highest BCUT2D eigenvalue weighted by atomic mass is 32.1. The molecule has 3 nitrogen and oxygen atoms in total. The van der Waals surface area contributed by atoms with Crippen LogP contribution in [-0.4, -0.2) is 11.5 Å². The van der Waals surface area contributed by atoms with Gasteiger partial charge >= 0.3 is 0 Å². The lowest BCUT2D eigenvalue weighted by atomic mass is 9.83. The lowest BCUT2D eigenvalue weighted by molar-refractivity contribution is 0.307. The minimum absolute atomic E-state index is 0.514. The van der Waals surface area contributed by atoms with Crippen molar-refractivity contribution in [3.05, 3.63) is 6.20 Å². The second-order valence-electron chi connectivity index (χ2n) is 4.48. The van der Waals surface area contributed by atoms with Crippen molar-refractivity contribution in [1.29, 1.82) is 0 Å². The standard InChI is InChI=1S/C11H19N3S/c1-2-11(5-3-4-6-11)8-14-10-13-7-9(12)15-10/h7H,2-6,8,12H2,1H3,(H,13,14). The van der Waals surface area contributed by atoms with E-state index in [2.05, 4.69) is 17.2 Å². The lowest BCUT2D eigenvalue weighted by Gasteiger charge is -2.27. The van der Waals surface area contributed by atoms with Gasteiger partial charge < -0.3 is 11.1 Å². The third kappa shape index (κ3) is 2.43. The van der Waals surface area contributed by atoms with Crippen molar-refractivity contribution in [3.8, 4) is 0 Å². The summed E-state index contributed by atoms with van der Waals surface area (Å²) in [6, 6.07) is 0. The van der Waals surface area contributed by atoms with E-state index >= 15 is 0 Å². The van der Waals surface area contributed by atoms with Gasteiger partial charge in [0.15, 0.2) is 5.13 Å². The summed E-state index contributed by atoms with van der Waals surface area (Å²) in [5.41, 5.74) is 6.16. The van der Waals surface area contributed by atoms with E-state index in [1.54, 1.807) is 6.20 Å². The molecule has 0 amide bonds. The lowest BCUT2D eigenvalue weighted by Crippen LogP contribution is -2.25. The summed E-state index contributed by atoms with van der Waals surface area (Å²) in [6.07, 6.45) is 8.47. The third-order valence-corrected chi connectivity index (χ3v) is 4.34. The zero-order chi connectivity index (χ0) is 10.7. The number of nitrogens with one attached hydrogen (secondary N) is 1. The van der Waals surface area contributed by atoms with Crippen molar-refractivity contribution in [3.63, 3.8) is 0 Å². The summed E-state index contributed by atoms with van der Waals surface area (Å²) in [6.45, 7) is 3.35. The first kappa shape index (κ1) is 10.7. The molecule has 0 bridgehead atoms. The van der Waals surface area contributed by atoms with Gasteiger partial charge in [0.05, 0.1) is 6.20 Å². The number of hydrogen-bond acceptors (Lipinski definition) is 4. The van der Waals surface area contributed by atoms with Crippen LogP contribution in [-0.2, 0) is 0 Å². The van der Waals surface area contributed by atoms with Crippen LogP contribution in [0.5, 0.6) is 0 Å². The number of aromatic nitrogens is 1. The first-order chi connectivity index (χ1) is 7.24. The second-order valence-corrected chi connectivity index (χ2v) is 5.54. The highest BCUT2D eigenvalue weighted by Crippen LogP contribution is 2.41. The van der Waals surface area contributed by atoms with Crippen LogP contribution in [0.4, 0.5) is 10.1 Å². The molecule has 2 rings (SSSR count). The van der Waals surface area contributed by atoms with Crippen LogP contribution in [0, 0.1) is 5.41 Å². The maximum Gasteiger partial charge on any atom is 0.184 e. The zero-order valence-corrected chi connectivity index (χ0v) is 10.1. The van der Waals surface area contributed by atoms with Crippen LogP contribution < -0.4 is 11.1 Å². The summed E-state index contributed by atoms with van der Waals surface area (Å²) >= 11 is 1.54. The molecule has 0 radical (unpaired) electrons. The number of anilines is 2. The number of rotatable bonds is 4. The molecule has 0 unspecified atom stereocenters. The van der Waals surface area contributed by atoms with E-state index in [0.29, 0.717) is 5.41 Å². The fourth-order valence-electron chi connectivity index (χ4n) is 2.41. The predicted molar refractivity (Wildman–Crippen MR) is 66.2 cm³/mol. The van der Waals surface area contributed by atoms with Crippen molar-refractivity contribution in [2.45, 2.75) is 39.0 Å². The number of nitrogens with zero attached hydrogens (tertiary/aromatic N) is 1. The van der Waals surface area contributed by atoms with Gasteiger partial charge in [0.2, 0.25) is 0 Å². The van der Waals surface area contributed by atoms with Crippen LogP contribution >= 0.6 is 11.3 Å². The Balaban J connectivity index is 1.91. The molecule has 1 fully saturated rings. The van der Waals surface area contributed by atoms with E-state index in [9.17, 15) is 0 Å². The van der Waals surface area contributed by atoms with Crippen LogP contribution in [0.3, 0.4) is 0 Å². The van der Waals surface area contributed by atoms with E-state index in [4.69, 9.17) is 5.73 Å². The largest absolute Gasteiger partial charge is 0.389 e. The Morgan fingerprint density at radius 1 is 1.53 bits per heavy atom. The smallest absolute Gasteiger partial charge is 0.184 e. The summed E-state index contributed by atoms with van der Waals surface area (Å²) in [5.74, 6) is 0. The van der Waals surface area contributed by atoms with Gasteiger partial charge in [-0.1, -0.05) is 31.1 Å². The van der Waals surface area contributed by atoms with E-state index in [-0.39, 0.29) is 0 Å². The van der Waals surface area contributed by atoms with Crippen molar-refractivity contribution in [2.24, 2.45) is 5.41 Å². The molecule has 84 valence electrons. The first-order valence-corrected chi connectivity index (χ1v) is 6.51. The molecular formula is C11H19N3S. The average Bonchev–Trinajstić information content (AvgIpc) is 2.85. The van der Waals surface area contributed by atoms with Crippen LogP contribution in [0.1, 0.15) is 39.0 Å². The van der Waals surface area contributed by atoms with Crippen molar-refractivity contribution in [1.82, 2.24) is 4.98 Å².